The molecule has 0 aromatic heterocycles. The van der Waals surface area contributed by atoms with Gasteiger partial charge in [0.2, 0.25) is 15.9 Å². The zero-order valence-electron chi connectivity index (χ0n) is 13.5. The molecule has 1 atom stereocenters. The van der Waals surface area contributed by atoms with Crippen LogP contribution in [-0.2, 0) is 21.2 Å². The number of primary sulfonamides is 1. The number of sulfonamides is 1. The number of ether oxygens (including phenoxy) is 1. The molecule has 6 nitrogen and oxygen atoms in total. The van der Waals surface area contributed by atoms with Crippen LogP contribution in [-0.4, -0.2) is 21.4 Å². The van der Waals surface area contributed by atoms with Crippen molar-refractivity contribution >= 4 is 15.9 Å². The number of nitrogens with one attached hydrogen (secondary N) is 1. The lowest BCUT2D eigenvalue weighted by atomic mass is 10.1. The Balaban J connectivity index is 2.03. The van der Waals surface area contributed by atoms with E-state index in [1.54, 1.807) is 25.3 Å². The summed E-state index contributed by atoms with van der Waals surface area (Å²) < 4.78 is 27.7. The molecule has 0 saturated carbocycles. The first kappa shape index (κ1) is 18.0. The molecule has 7 heteroatoms. The molecule has 1 amide bonds. The summed E-state index contributed by atoms with van der Waals surface area (Å²) in [5, 5.41) is 7.95. The maximum absolute atomic E-state index is 12.2. The Morgan fingerprint density at radius 3 is 2.38 bits per heavy atom. The van der Waals surface area contributed by atoms with E-state index in [1.807, 2.05) is 25.1 Å². The molecule has 128 valence electrons. The Morgan fingerprint density at radius 2 is 1.79 bits per heavy atom. The van der Waals surface area contributed by atoms with Gasteiger partial charge < -0.3 is 10.1 Å². The normalized spacial score (nSPS) is 12.5. The number of hydrogen-bond acceptors (Lipinski definition) is 4. The van der Waals surface area contributed by atoms with Crippen LogP contribution < -0.4 is 15.2 Å². The lowest BCUT2D eigenvalue weighted by Crippen LogP contribution is -2.28. The Morgan fingerprint density at radius 1 is 1.17 bits per heavy atom. The van der Waals surface area contributed by atoms with Crippen LogP contribution in [0.3, 0.4) is 0 Å². The summed E-state index contributed by atoms with van der Waals surface area (Å²) in [6.45, 7) is 1.83. The second-order valence-corrected chi connectivity index (χ2v) is 6.95. The molecule has 0 aliphatic heterocycles. The quantitative estimate of drug-likeness (QED) is 0.831. The highest BCUT2D eigenvalue weighted by molar-refractivity contribution is 7.89. The summed E-state index contributed by atoms with van der Waals surface area (Å²) in [6, 6.07) is 13.2. The molecule has 1 unspecified atom stereocenters. The van der Waals surface area contributed by atoms with Gasteiger partial charge in [-0.15, -0.1) is 0 Å². The van der Waals surface area contributed by atoms with Gasteiger partial charge >= 0.3 is 0 Å². The van der Waals surface area contributed by atoms with Crippen molar-refractivity contribution in [3.63, 3.8) is 0 Å². The average Bonchev–Trinajstić information content (AvgIpc) is 2.54. The third kappa shape index (κ3) is 4.56. The summed E-state index contributed by atoms with van der Waals surface area (Å²) in [5.41, 5.74) is 1.59. The van der Waals surface area contributed by atoms with Crippen molar-refractivity contribution < 1.29 is 17.9 Å². The van der Waals surface area contributed by atoms with Crippen molar-refractivity contribution in [1.29, 1.82) is 0 Å². The fraction of sp³-hybridized carbons (Fsp3) is 0.235. The summed E-state index contributed by atoms with van der Waals surface area (Å²) in [7, 11) is -2.16. The molecule has 0 heterocycles. The van der Waals surface area contributed by atoms with E-state index in [0.717, 1.165) is 11.1 Å². The van der Waals surface area contributed by atoms with Gasteiger partial charge in [0.25, 0.3) is 0 Å². The minimum absolute atomic E-state index is 0.0406. The van der Waals surface area contributed by atoms with Crippen LogP contribution in [0.15, 0.2) is 53.4 Å². The van der Waals surface area contributed by atoms with Crippen molar-refractivity contribution in [1.82, 2.24) is 5.32 Å². The summed E-state index contributed by atoms with van der Waals surface area (Å²) in [5.74, 6) is 0.514. The van der Waals surface area contributed by atoms with Crippen LogP contribution in [0.5, 0.6) is 5.75 Å². The van der Waals surface area contributed by atoms with E-state index < -0.39 is 10.0 Å². The molecule has 0 radical (unpaired) electrons. The minimum Gasteiger partial charge on any atom is -0.496 e. The molecule has 2 rings (SSSR count). The molecular weight excluding hydrogens is 328 g/mol. The summed E-state index contributed by atoms with van der Waals surface area (Å²) in [6.07, 6.45) is 0.198. The molecule has 0 spiro atoms. The maximum atomic E-state index is 12.2. The molecular formula is C17H20N2O4S. The van der Waals surface area contributed by atoms with E-state index in [2.05, 4.69) is 5.32 Å². The van der Waals surface area contributed by atoms with Crippen molar-refractivity contribution in [2.24, 2.45) is 5.14 Å². The van der Waals surface area contributed by atoms with Crippen LogP contribution >= 0.6 is 0 Å². The standard InChI is InChI=1S/C17H20N2O4S/c1-12(13-7-9-15(10-8-13)24(18,21)22)19-17(20)11-14-5-3-4-6-16(14)23-2/h3-10,12H,11H2,1-2H3,(H,19,20)(H2,18,21,22). The molecule has 3 N–H and O–H groups in total. The van der Waals surface area contributed by atoms with Gasteiger partial charge in [-0.05, 0) is 30.7 Å². The monoisotopic (exact) mass is 348 g/mol. The largest absolute Gasteiger partial charge is 0.496 e. The number of benzene rings is 2. The number of para-hydroxylation sites is 1. The zero-order chi connectivity index (χ0) is 17.7. The van der Waals surface area contributed by atoms with Gasteiger partial charge in [0.1, 0.15) is 5.75 Å². The highest BCUT2D eigenvalue weighted by atomic mass is 32.2. The number of nitrogens with two attached hydrogens (primary N) is 1. The molecule has 0 fully saturated rings. The van der Waals surface area contributed by atoms with E-state index in [-0.39, 0.29) is 23.3 Å². The number of methoxy groups -OCH3 is 1. The van der Waals surface area contributed by atoms with Crippen molar-refractivity contribution in [3.05, 3.63) is 59.7 Å². The molecule has 0 saturated heterocycles. The van der Waals surface area contributed by atoms with Crippen LogP contribution in [0.4, 0.5) is 0 Å². The number of carbonyl (C=O) groups excluding carboxylic acids is 1. The van der Waals surface area contributed by atoms with Crippen molar-refractivity contribution in [2.75, 3.05) is 7.11 Å². The van der Waals surface area contributed by atoms with Crippen molar-refractivity contribution in [2.45, 2.75) is 24.3 Å². The second-order valence-electron chi connectivity index (χ2n) is 5.39. The van der Waals surface area contributed by atoms with Crippen LogP contribution in [0.2, 0.25) is 0 Å². The highest BCUT2D eigenvalue weighted by Crippen LogP contribution is 2.19. The lowest BCUT2D eigenvalue weighted by Gasteiger charge is -2.15. The minimum atomic E-state index is -3.72. The summed E-state index contributed by atoms with van der Waals surface area (Å²) in [4.78, 5) is 12.2. The predicted octanol–water partition coefficient (Wildman–Crippen LogP) is 1.76. The number of rotatable bonds is 6. The number of amides is 1. The van der Waals surface area contributed by atoms with Crippen LogP contribution in [0, 0.1) is 0 Å². The number of carbonyl (C=O) groups is 1. The lowest BCUT2D eigenvalue weighted by molar-refractivity contribution is -0.121. The fourth-order valence-electron chi connectivity index (χ4n) is 2.34. The van der Waals surface area contributed by atoms with E-state index in [1.165, 1.54) is 12.1 Å². The predicted molar refractivity (Wildman–Crippen MR) is 91.1 cm³/mol. The Labute approximate surface area is 141 Å². The second kappa shape index (κ2) is 7.46. The van der Waals surface area contributed by atoms with Crippen LogP contribution in [0.1, 0.15) is 24.1 Å². The fourth-order valence-corrected chi connectivity index (χ4v) is 2.86. The molecule has 2 aromatic carbocycles. The Bertz CT molecular complexity index is 817. The van der Waals surface area contributed by atoms with Crippen molar-refractivity contribution in [3.8, 4) is 5.75 Å². The van der Waals surface area contributed by atoms with E-state index in [9.17, 15) is 13.2 Å². The van der Waals surface area contributed by atoms with Crippen LogP contribution in [0.25, 0.3) is 0 Å². The topological polar surface area (TPSA) is 98.5 Å². The number of hydrogen-bond donors (Lipinski definition) is 2. The molecule has 0 bridgehead atoms. The van der Waals surface area contributed by atoms with Gasteiger partial charge in [-0.1, -0.05) is 30.3 Å². The van der Waals surface area contributed by atoms with Gasteiger partial charge in [0.15, 0.2) is 0 Å². The first-order chi connectivity index (χ1) is 11.3. The van der Waals surface area contributed by atoms with E-state index >= 15 is 0 Å². The first-order valence-corrected chi connectivity index (χ1v) is 8.90. The maximum Gasteiger partial charge on any atom is 0.238 e. The molecule has 0 aliphatic carbocycles. The Kier molecular flexibility index (Phi) is 5.58. The smallest absolute Gasteiger partial charge is 0.238 e. The Hall–Kier alpha value is -2.38. The van der Waals surface area contributed by atoms with Gasteiger partial charge in [-0.25, -0.2) is 13.6 Å². The van der Waals surface area contributed by atoms with E-state index in [0.29, 0.717) is 5.75 Å². The average molecular weight is 348 g/mol. The molecule has 2 aromatic rings. The SMILES string of the molecule is COc1ccccc1CC(=O)NC(C)c1ccc(S(N)(=O)=O)cc1. The zero-order valence-corrected chi connectivity index (χ0v) is 14.3. The highest BCUT2D eigenvalue weighted by Gasteiger charge is 2.13. The third-order valence-electron chi connectivity index (χ3n) is 3.63. The van der Waals surface area contributed by atoms with Gasteiger partial charge in [-0.3, -0.25) is 4.79 Å². The molecule has 24 heavy (non-hydrogen) atoms. The van der Waals surface area contributed by atoms with Gasteiger partial charge in [0.05, 0.1) is 24.5 Å². The first-order valence-electron chi connectivity index (χ1n) is 7.35. The van der Waals surface area contributed by atoms with Gasteiger partial charge in [0, 0.05) is 5.56 Å². The third-order valence-corrected chi connectivity index (χ3v) is 4.56. The van der Waals surface area contributed by atoms with Gasteiger partial charge in [-0.2, -0.15) is 0 Å². The summed E-state index contributed by atoms with van der Waals surface area (Å²) >= 11 is 0. The van der Waals surface area contributed by atoms with E-state index in [4.69, 9.17) is 9.88 Å². The molecule has 0 aliphatic rings.